The summed E-state index contributed by atoms with van der Waals surface area (Å²) in [6, 6.07) is 13.4. The van der Waals surface area contributed by atoms with E-state index in [0.29, 0.717) is 36.8 Å². The molecule has 0 atom stereocenters. The quantitative estimate of drug-likeness (QED) is 0.935. The Morgan fingerprint density at radius 3 is 2.62 bits per heavy atom. The maximum absolute atomic E-state index is 14.2. The van der Waals surface area contributed by atoms with E-state index in [0.717, 1.165) is 13.1 Å². The maximum Gasteiger partial charge on any atom is 0.417 e. The summed E-state index contributed by atoms with van der Waals surface area (Å²) in [6.45, 7) is 3.47. The minimum Gasteiger partial charge on any atom is -0.410 e. The van der Waals surface area contributed by atoms with Gasteiger partial charge in [0.25, 0.3) is 0 Å². The summed E-state index contributed by atoms with van der Waals surface area (Å²) in [5, 5.41) is 2.53. The molecular formula is C18H19FN2O3. The molecule has 126 valence electrons. The van der Waals surface area contributed by atoms with Gasteiger partial charge < -0.3 is 9.47 Å². The first-order valence-electron chi connectivity index (χ1n) is 7.83. The standard InChI is InChI=1S/C18H19FN2O3/c19-17-12-15(20-18(22)24-16-4-2-1-3-5-16)7-6-14(17)13-21-8-10-23-11-9-21/h1-7,12H,8-11,13H2,(H,20,22). The molecular weight excluding hydrogens is 311 g/mol. The highest BCUT2D eigenvalue weighted by molar-refractivity contribution is 5.86. The van der Waals surface area contributed by atoms with Crippen molar-refractivity contribution in [1.82, 2.24) is 4.90 Å². The van der Waals surface area contributed by atoms with Gasteiger partial charge in [0.2, 0.25) is 0 Å². The second-order valence-electron chi connectivity index (χ2n) is 5.52. The minimum atomic E-state index is -0.651. The van der Waals surface area contributed by atoms with Crippen LogP contribution in [0.25, 0.3) is 0 Å². The van der Waals surface area contributed by atoms with E-state index in [9.17, 15) is 9.18 Å². The Morgan fingerprint density at radius 1 is 1.17 bits per heavy atom. The molecule has 1 saturated heterocycles. The highest BCUT2D eigenvalue weighted by atomic mass is 19.1. The lowest BCUT2D eigenvalue weighted by Gasteiger charge is -2.26. The predicted molar refractivity (Wildman–Crippen MR) is 88.6 cm³/mol. The SMILES string of the molecule is O=C(Nc1ccc(CN2CCOCC2)c(F)c1)Oc1ccccc1. The lowest BCUT2D eigenvalue weighted by Crippen LogP contribution is -2.35. The molecule has 0 aliphatic carbocycles. The molecule has 0 spiro atoms. The molecule has 1 fully saturated rings. The molecule has 3 rings (SSSR count). The van der Waals surface area contributed by atoms with Crippen molar-refractivity contribution >= 4 is 11.8 Å². The zero-order valence-electron chi connectivity index (χ0n) is 13.2. The van der Waals surface area contributed by atoms with Gasteiger partial charge in [-0.05, 0) is 24.3 Å². The van der Waals surface area contributed by atoms with Crippen molar-refractivity contribution in [3.05, 3.63) is 59.9 Å². The number of carbonyl (C=O) groups excluding carboxylic acids is 1. The Kier molecular flexibility index (Phi) is 5.40. The van der Waals surface area contributed by atoms with E-state index in [1.54, 1.807) is 36.4 Å². The van der Waals surface area contributed by atoms with Gasteiger partial charge in [-0.15, -0.1) is 0 Å². The van der Waals surface area contributed by atoms with Crippen LogP contribution in [-0.4, -0.2) is 37.3 Å². The average Bonchev–Trinajstić information content (AvgIpc) is 2.59. The van der Waals surface area contributed by atoms with E-state index in [1.165, 1.54) is 6.07 Å². The van der Waals surface area contributed by atoms with Crippen LogP contribution in [0.1, 0.15) is 5.56 Å². The normalized spacial score (nSPS) is 15.0. The topological polar surface area (TPSA) is 50.8 Å². The van der Waals surface area contributed by atoms with Crippen LogP contribution >= 0.6 is 0 Å². The fourth-order valence-electron chi connectivity index (χ4n) is 2.49. The van der Waals surface area contributed by atoms with Gasteiger partial charge in [0, 0.05) is 30.9 Å². The lowest BCUT2D eigenvalue weighted by molar-refractivity contribution is 0.0337. The van der Waals surface area contributed by atoms with Crippen LogP contribution in [0.2, 0.25) is 0 Å². The van der Waals surface area contributed by atoms with E-state index >= 15 is 0 Å². The van der Waals surface area contributed by atoms with Crippen molar-refractivity contribution in [1.29, 1.82) is 0 Å². The van der Waals surface area contributed by atoms with Gasteiger partial charge in [-0.1, -0.05) is 24.3 Å². The van der Waals surface area contributed by atoms with E-state index in [4.69, 9.17) is 9.47 Å². The first kappa shape index (κ1) is 16.4. The Morgan fingerprint density at radius 2 is 1.92 bits per heavy atom. The fourth-order valence-corrected chi connectivity index (χ4v) is 2.49. The number of para-hydroxylation sites is 1. The van der Waals surface area contributed by atoms with E-state index in [2.05, 4.69) is 10.2 Å². The zero-order valence-corrected chi connectivity index (χ0v) is 13.2. The molecule has 1 aliphatic heterocycles. The largest absolute Gasteiger partial charge is 0.417 e. The van der Waals surface area contributed by atoms with Gasteiger partial charge in [0.05, 0.1) is 13.2 Å². The number of halogens is 1. The van der Waals surface area contributed by atoms with Crippen LogP contribution in [0.15, 0.2) is 48.5 Å². The highest BCUT2D eigenvalue weighted by Gasteiger charge is 2.14. The van der Waals surface area contributed by atoms with E-state index < -0.39 is 6.09 Å². The van der Waals surface area contributed by atoms with Gasteiger partial charge in [0.1, 0.15) is 11.6 Å². The van der Waals surface area contributed by atoms with Gasteiger partial charge in [-0.25, -0.2) is 9.18 Å². The summed E-state index contributed by atoms with van der Waals surface area (Å²) >= 11 is 0. The second kappa shape index (κ2) is 7.90. The van der Waals surface area contributed by atoms with Crippen LogP contribution in [0.4, 0.5) is 14.9 Å². The molecule has 1 amide bonds. The minimum absolute atomic E-state index is 0.348. The molecule has 0 bridgehead atoms. The van der Waals surface area contributed by atoms with Crippen LogP contribution in [0.3, 0.4) is 0 Å². The third-order valence-electron chi connectivity index (χ3n) is 3.75. The first-order chi connectivity index (χ1) is 11.7. The van der Waals surface area contributed by atoms with Crippen molar-refractivity contribution in [3.63, 3.8) is 0 Å². The van der Waals surface area contributed by atoms with Crippen molar-refractivity contribution in [2.45, 2.75) is 6.54 Å². The first-order valence-corrected chi connectivity index (χ1v) is 7.83. The summed E-state index contributed by atoms with van der Waals surface area (Å²) < 4.78 is 24.6. The molecule has 6 heteroatoms. The van der Waals surface area contributed by atoms with E-state index in [-0.39, 0.29) is 5.82 Å². The van der Waals surface area contributed by atoms with Gasteiger partial charge in [-0.2, -0.15) is 0 Å². The number of ether oxygens (including phenoxy) is 2. The number of morpholine rings is 1. The number of benzene rings is 2. The molecule has 0 unspecified atom stereocenters. The van der Waals surface area contributed by atoms with Crippen LogP contribution in [-0.2, 0) is 11.3 Å². The highest BCUT2D eigenvalue weighted by Crippen LogP contribution is 2.18. The zero-order chi connectivity index (χ0) is 16.8. The number of carbonyl (C=O) groups is 1. The number of anilines is 1. The number of nitrogens with one attached hydrogen (secondary N) is 1. The van der Waals surface area contributed by atoms with Crippen LogP contribution in [0.5, 0.6) is 5.75 Å². The summed E-state index contributed by atoms with van der Waals surface area (Å²) in [7, 11) is 0. The Hall–Kier alpha value is -2.44. The Labute approximate surface area is 140 Å². The molecule has 5 nitrogen and oxygen atoms in total. The van der Waals surface area contributed by atoms with Gasteiger partial charge in [0.15, 0.2) is 0 Å². The van der Waals surface area contributed by atoms with Crippen molar-refractivity contribution in [2.75, 3.05) is 31.6 Å². The molecule has 0 saturated carbocycles. The molecule has 2 aromatic rings. The van der Waals surface area contributed by atoms with Crippen LogP contribution in [0, 0.1) is 5.82 Å². The van der Waals surface area contributed by atoms with E-state index in [1.807, 2.05) is 6.07 Å². The third kappa shape index (κ3) is 4.53. The number of rotatable bonds is 4. The molecule has 0 radical (unpaired) electrons. The van der Waals surface area contributed by atoms with Gasteiger partial charge in [-0.3, -0.25) is 10.2 Å². The number of amides is 1. The number of hydrogen-bond donors (Lipinski definition) is 1. The molecule has 0 aromatic heterocycles. The van der Waals surface area contributed by atoms with Crippen LogP contribution < -0.4 is 10.1 Å². The van der Waals surface area contributed by atoms with Crippen molar-refractivity contribution in [2.24, 2.45) is 0 Å². The molecule has 24 heavy (non-hydrogen) atoms. The Bertz CT molecular complexity index is 688. The predicted octanol–water partition coefficient (Wildman–Crippen LogP) is 3.27. The lowest BCUT2D eigenvalue weighted by atomic mass is 10.1. The Balaban J connectivity index is 1.58. The molecule has 1 aliphatic rings. The molecule has 2 aromatic carbocycles. The average molecular weight is 330 g/mol. The smallest absolute Gasteiger partial charge is 0.410 e. The second-order valence-corrected chi connectivity index (χ2v) is 5.52. The molecule has 1 heterocycles. The maximum atomic E-state index is 14.2. The summed E-state index contributed by atoms with van der Waals surface area (Å²) in [4.78, 5) is 14.0. The third-order valence-corrected chi connectivity index (χ3v) is 3.75. The summed E-state index contributed by atoms with van der Waals surface area (Å²) in [5.41, 5.74) is 0.957. The van der Waals surface area contributed by atoms with Crippen molar-refractivity contribution in [3.8, 4) is 5.75 Å². The number of hydrogen-bond acceptors (Lipinski definition) is 4. The van der Waals surface area contributed by atoms with Crippen molar-refractivity contribution < 1.29 is 18.7 Å². The molecule has 1 N–H and O–H groups in total. The monoisotopic (exact) mass is 330 g/mol. The van der Waals surface area contributed by atoms with Gasteiger partial charge >= 0.3 is 6.09 Å². The number of nitrogens with zero attached hydrogens (tertiary/aromatic N) is 1. The fraction of sp³-hybridized carbons (Fsp3) is 0.278. The summed E-state index contributed by atoms with van der Waals surface area (Å²) in [6.07, 6.45) is -0.651. The summed E-state index contributed by atoms with van der Waals surface area (Å²) in [5.74, 6) is 0.0819.